The molecule has 2 heterocycles. The van der Waals surface area contributed by atoms with Crippen molar-refractivity contribution < 1.29 is 9.53 Å². The molecule has 0 spiro atoms. The minimum atomic E-state index is -0.684. The van der Waals surface area contributed by atoms with Crippen LogP contribution in [0.4, 0.5) is 0 Å². The molecule has 0 radical (unpaired) electrons. The van der Waals surface area contributed by atoms with Crippen LogP contribution in [-0.2, 0) is 9.53 Å². The molecule has 24 heavy (non-hydrogen) atoms. The number of hydrogen-bond acceptors (Lipinski definition) is 5. The highest BCUT2D eigenvalue weighted by atomic mass is 32.1. The number of methoxy groups -OCH3 is 1. The van der Waals surface area contributed by atoms with Crippen molar-refractivity contribution in [3.63, 3.8) is 0 Å². The molecule has 0 aliphatic rings. The second kappa shape index (κ2) is 6.70. The lowest BCUT2D eigenvalue weighted by Crippen LogP contribution is -2.38. The number of fused-ring (bicyclic) bond motifs is 3. The van der Waals surface area contributed by atoms with Gasteiger partial charge in [-0.15, -0.1) is 11.3 Å². The van der Waals surface area contributed by atoms with Crippen LogP contribution in [0, 0.1) is 6.92 Å². The highest BCUT2D eigenvalue weighted by Gasteiger charge is 2.21. The van der Waals surface area contributed by atoms with E-state index in [1.807, 2.05) is 31.2 Å². The first-order valence-electron chi connectivity index (χ1n) is 7.72. The Balaban J connectivity index is 2.09. The number of carbonyl (C=O) groups is 1. The fourth-order valence-corrected chi connectivity index (χ4v) is 3.81. The molecule has 1 amide bonds. The van der Waals surface area contributed by atoms with Gasteiger partial charge < -0.3 is 10.1 Å². The highest BCUT2D eigenvalue weighted by molar-refractivity contribution is 7.26. The van der Waals surface area contributed by atoms with Crippen LogP contribution in [-0.4, -0.2) is 35.9 Å². The molecule has 0 saturated heterocycles. The first kappa shape index (κ1) is 16.6. The molecule has 1 N–H and O–H groups in total. The van der Waals surface area contributed by atoms with Crippen LogP contribution < -0.4 is 10.9 Å². The molecule has 0 saturated carbocycles. The van der Waals surface area contributed by atoms with Crippen LogP contribution in [0.15, 0.2) is 29.1 Å². The van der Waals surface area contributed by atoms with Crippen molar-refractivity contribution in [3.05, 3.63) is 40.3 Å². The molecule has 0 aliphatic heterocycles. The quantitative estimate of drug-likeness (QED) is 0.720. The van der Waals surface area contributed by atoms with Gasteiger partial charge in [0.25, 0.3) is 5.56 Å². The van der Waals surface area contributed by atoms with E-state index in [-0.39, 0.29) is 11.5 Å². The second-order valence-corrected chi connectivity index (χ2v) is 6.65. The van der Waals surface area contributed by atoms with Gasteiger partial charge in [0.1, 0.15) is 6.04 Å². The van der Waals surface area contributed by atoms with Gasteiger partial charge >= 0.3 is 0 Å². The monoisotopic (exact) mass is 345 g/mol. The summed E-state index contributed by atoms with van der Waals surface area (Å²) in [5.41, 5.74) is 0.518. The molecule has 1 atom stereocenters. The number of thiophene rings is 1. The van der Waals surface area contributed by atoms with Crippen molar-refractivity contribution in [2.24, 2.45) is 0 Å². The summed E-state index contributed by atoms with van der Waals surface area (Å²) in [6.07, 6.45) is 0. The maximum absolute atomic E-state index is 12.9. The molecule has 7 heteroatoms. The maximum atomic E-state index is 12.9. The lowest BCUT2D eigenvalue weighted by molar-refractivity contribution is -0.124. The van der Waals surface area contributed by atoms with Gasteiger partial charge in [0.15, 0.2) is 0 Å². The first-order valence-corrected chi connectivity index (χ1v) is 8.53. The van der Waals surface area contributed by atoms with Gasteiger partial charge in [-0.05, 0) is 19.9 Å². The summed E-state index contributed by atoms with van der Waals surface area (Å²) in [6.45, 7) is 4.37. The summed E-state index contributed by atoms with van der Waals surface area (Å²) in [5.74, 6) is -0.250. The fourth-order valence-electron chi connectivity index (χ4n) is 2.68. The minimum Gasteiger partial charge on any atom is -0.383 e. The zero-order valence-electron chi connectivity index (χ0n) is 13.8. The summed E-state index contributed by atoms with van der Waals surface area (Å²) in [5, 5.41) is 8.66. The van der Waals surface area contributed by atoms with Crippen molar-refractivity contribution in [1.29, 1.82) is 0 Å². The highest BCUT2D eigenvalue weighted by Crippen LogP contribution is 2.32. The van der Waals surface area contributed by atoms with Crippen molar-refractivity contribution in [2.75, 3.05) is 20.3 Å². The Morgan fingerprint density at radius 2 is 2.17 bits per heavy atom. The Kier molecular flexibility index (Phi) is 4.64. The van der Waals surface area contributed by atoms with Crippen molar-refractivity contribution >= 4 is 37.4 Å². The Hall–Kier alpha value is -2.25. The van der Waals surface area contributed by atoms with E-state index in [2.05, 4.69) is 10.4 Å². The SMILES string of the molecule is COCCNC(=O)C(C)n1nc(C)c2sc3ccccc3c2c1=O. The van der Waals surface area contributed by atoms with Gasteiger partial charge in [0.2, 0.25) is 5.91 Å². The van der Waals surface area contributed by atoms with E-state index in [9.17, 15) is 9.59 Å². The Morgan fingerprint density at radius 1 is 1.42 bits per heavy atom. The average Bonchev–Trinajstić information content (AvgIpc) is 2.98. The molecule has 3 rings (SSSR count). The van der Waals surface area contributed by atoms with E-state index < -0.39 is 6.04 Å². The number of aryl methyl sites for hydroxylation is 1. The molecular weight excluding hydrogens is 326 g/mol. The summed E-state index contributed by atoms with van der Waals surface area (Å²) >= 11 is 1.56. The number of carbonyl (C=O) groups excluding carboxylic acids is 1. The maximum Gasteiger partial charge on any atom is 0.276 e. The third-order valence-corrected chi connectivity index (χ3v) is 5.24. The number of nitrogens with one attached hydrogen (secondary N) is 1. The topological polar surface area (TPSA) is 73.2 Å². The molecule has 2 aromatic heterocycles. The van der Waals surface area contributed by atoms with E-state index in [0.717, 1.165) is 20.5 Å². The van der Waals surface area contributed by atoms with E-state index in [1.165, 1.54) is 4.68 Å². The van der Waals surface area contributed by atoms with Crippen LogP contribution in [0.3, 0.4) is 0 Å². The zero-order valence-corrected chi connectivity index (χ0v) is 14.6. The van der Waals surface area contributed by atoms with E-state index >= 15 is 0 Å². The molecule has 0 fully saturated rings. The lowest BCUT2D eigenvalue weighted by Gasteiger charge is -2.15. The number of ether oxygens (including phenoxy) is 1. The second-order valence-electron chi connectivity index (χ2n) is 5.60. The van der Waals surface area contributed by atoms with Gasteiger partial charge in [-0.25, -0.2) is 4.68 Å². The summed E-state index contributed by atoms with van der Waals surface area (Å²) in [4.78, 5) is 25.2. The number of amides is 1. The van der Waals surface area contributed by atoms with Crippen molar-refractivity contribution in [1.82, 2.24) is 15.1 Å². The summed E-state index contributed by atoms with van der Waals surface area (Å²) in [7, 11) is 1.57. The number of hydrogen-bond donors (Lipinski definition) is 1. The predicted molar refractivity (Wildman–Crippen MR) is 95.7 cm³/mol. The largest absolute Gasteiger partial charge is 0.383 e. The van der Waals surface area contributed by atoms with Crippen LogP contribution in [0.2, 0.25) is 0 Å². The number of rotatable bonds is 5. The van der Waals surface area contributed by atoms with E-state index in [1.54, 1.807) is 25.4 Å². The zero-order chi connectivity index (χ0) is 17.3. The molecule has 1 aromatic carbocycles. The number of nitrogens with zero attached hydrogens (tertiary/aromatic N) is 2. The molecule has 0 aliphatic carbocycles. The van der Waals surface area contributed by atoms with Gasteiger partial charge in [-0.3, -0.25) is 9.59 Å². The molecule has 126 valence electrons. The Morgan fingerprint density at radius 3 is 2.92 bits per heavy atom. The van der Waals surface area contributed by atoms with E-state index in [4.69, 9.17) is 4.74 Å². The van der Waals surface area contributed by atoms with Crippen molar-refractivity contribution in [2.45, 2.75) is 19.9 Å². The van der Waals surface area contributed by atoms with Crippen LogP contribution >= 0.6 is 11.3 Å². The van der Waals surface area contributed by atoms with Gasteiger partial charge in [-0.1, -0.05) is 18.2 Å². The third-order valence-electron chi connectivity index (χ3n) is 3.96. The Labute approximate surface area is 143 Å². The Bertz CT molecular complexity index is 961. The molecule has 3 aromatic rings. The summed E-state index contributed by atoms with van der Waals surface area (Å²) < 4.78 is 8.12. The predicted octanol–water partition coefficient (Wildman–Crippen LogP) is 2.24. The average molecular weight is 345 g/mol. The minimum absolute atomic E-state index is 0.234. The molecule has 0 bridgehead atoms. The smallest absolute Gasteiger partial charge is 0.276 e. The number of aromatic nitrogens is 2. The van der Waals surface area contributed by atoms with E-state index in [0.29, 0.717) is 18.5 Å². The fraction of sp³-hybridized carbons (Fsp3) is 0.353. The van der Waals surface area contributed by atoms with Gasteiger partial charge in [0.05, 0.1) is 22.4 Å². The van der Waals surface area contributed by atoms with Crippen molar-refractivity contribution in [3.8, 4) is 0 Å². The standard InChI is InChI=1S/C17H19N3O3S/c1-10-15-14(12-6-4-5-7-13(12)24-15)17(22)20(19-10)11(2)16(21)18-8-9-23-3/h4-7,11H,8-9H2,1-3H3,(H,18,21). The lowest BCUT2D eigenvalue weighted by atomic mass is 10.2. The van der Waals surface area contributed by atoms with Crippen LogP contribution in [0.5, 0.6) is 0 Å². The number of benzene rings is 1. The normalized spacial score (nSPS) is 12.6. The first-order chi connectivity index (χ1) is 11.5. The van der Waals surface area contributed by atoms with Crippen LogP contribution in [0.25, 0.3) is 20.2 Å². The van der Waals surface area contributed by atoms with Gasteiger partial charge in [0, 0.05) is 23.7 Å². The third kappa shape index (κ3) is 2.81. The van der Waals surface area contributed by atoms with Crippen LogP contribution in [0.1, 0.15) is 18.7 Å². The molecular formula is C17H19N3O3S. The molecule has 1 unspecified atom stereocenters. The molecule has 6 nitrogen and oxygen atoms in total. The van der Waals surface area contributed by atoms with Gasteiger partial charge in [-0.2, -0.15) is 5.10 Å². The summed E-state index contributed by atoms with van der Waals surface area (Å²) in [6, 6.07) is 7.10.